The molecule has 0 aliphatic heterocycles. The first-order valence-corrected chi connectivity index (χ1v) is 7.09. The Morgan fingerprint density at radius 1 is 1.47 bits per heavy atom. The van der Waals surface area contributed by atoms with Gasteiger partial charge in [-0.1, -0.05) is 26.2 Å². The van der Waals surface area contributed by atoms with Gasteiger partial charge in [0.1, 0.15) is 10.7 Å². The van der Waals surface area contributed by atoms with E-state index in [4.69, 9.17) is 4.42 Å². The van der Waals surface area contributed by atoms with Gasteiger partial charge in [-0.05, 0) is 37.3 Å². The zero-order valence-electron chi connectivity index (χ0n) is 11.4. The summed E-state index contributed by atoms with van der Waals surface area (Å²) in [4.78, 5) is 9.97. The highest BCUT2D eigenvalue weighted by Gasteiger charge is 2.18. The molecule has 0 radical (unpaired) electrons. The molecule has 2 unspecified atom stereocenters. The number of nitro groups is 1. The largest absolute Gasteiger partial charge is 0.433 e. The SMILES string of the molecule is CC1CCCC(CCNCc2ccc([N+](=O)[O-])o2)C1. The van der Waals surface area contributed by atoms with Crippen molar-refractivity contribution in [1.82, 2.24) is 5.32 Å². The van der Waals surface area contributed by atoms with Crippen molar-refractivity contribution in [3.63, 3.8) is 0 Å². The summed E-state index contributed by atoms with van der Waals surface area (Å²) < 4.78 is 5.09. The molecule has 0 aromatic carbocycles. The first-order chi connectivity index (χ1) is 9.15. The van der Waals surface area contributed by atoms with Gasteiger partial charge in [0.25, 0.3) is 0 Å². The van der Waals surface area contributed by atoms with Crippen molar-refractivity contribution in [3.05, 3.63) is 28.0 Å². The van der Waals surface area contributed by atoms with Crippen LogP contribution in [0, 0.1) is 22.0 Å². The van der Waals surface area contributed by atoms with E-state index in [0.717, 1.165) is 18.4 Å². The molecule has 1 saturated carbocycles. The monoisotopic (exact) mass is 266 g/mol. The van der Waals surface area contributed by atoms with Crippen molar-refractivity contribution >= 4 is 5.88 Å². The Labute approximate surface area is 113 Å². The number of hydrogen-bond acceptors (Lipinski definition) is 4. The van der Waals surface area contributed by atoms with Crippen LogP contribution in [0.2, 0.25) is 0 Å². The molecule has 106 valence electrons. The molecule has 5 nitrogen and oxygen atoms in total. The summed E-state index contributed by atoms with van der Waals surface area (Å²) in [5, 5.41) is 13.8. The highest BCUT2D eigenvalue weighted by atomic mass is 16.6. The van der Waals surface area contributed by atoms with E-state index in [1.807, 2.05) is 0 Å². The van der Waals surface area contributed by atoms with E-state index in [1.54, 1.807) is 6.07 Å². The van der Waals surface area contributed by atoms with Gasteiger partial charge < -0.3 is 9.73 Å². The van der Waals surface area contributed by atoms with Crippen molar-refractivity contribution in [2.45, 2.75) is 45.6 Å². The van der Waals surface area contributed by atoms with Crippen LogP contribution in [-0.2, 0) is 6.54 Å². The summed E-state index contributed by atoms with van der Waals surface area (Å²) in [6, 6.07) is 3.06. The molecular weight excluding hydrogens is 244 g/mol. The molecule has 1 aromatic rings. The number of nitrogens with one attached hydrogen (secondary N) is 1. The molecule has 0 saturated heterocycles. The second kappa shape index (κ2) is 6.70. The fraction of sp³-hybridized carbons (Fsp3) is 0.714. The Morgan fingerprint density at radius 2 is 2.32 bits per heavy atom. The minimum absolute atomic E-state index is 0.182. The third kappa shape index (κ3) is 4.35. The molecule has 1 aliphatic rings. The number of rotatable bonds is 6. The summed E-state index contributed by atoms with van der Waals surface area (Å²) in [5.74, 6) is 2.15. The number of hydrogen-bond donors (Lipinski definition) is 1. The third-order valence-electron chi connectivity index (χ3n) is 3.90. The lowest BCUT2D eigenvalue weighted by molar-refractivity contribution is -0.402. The minimum atomic E-state index is -0.507. The lowest BCUT2D eigenvalue weighted by Crippen LogP contribution is -2.20. The van der Waals surface area contributed by atoms with Crippen LogP contribution in [0.3, 0.4) is 0 Å². The van der Waals surface area contributed by atoms with Crippen LogP contribution in [0.5, 0.6) is 0 Å². The average Bonchev–Trinajstić information content (AvgIpc) is 2.84. The second-order valence-corrected chi connectivity index (χ2v) is 5.60. The summed E-state index contributed by atoms with van der Waals surface area (Å²) in [6.45, 7) is 3.85. The standard InChI is InChI=1S/C14H22N2O3/c1-11-3-2-4-12(9-11)7-8-15-10-13-5-6-14(19-13)16(17)18/h5-6,11-12,15H,2-4,7-10H2,1H3. The first-order valence-electron chi connectivity index (χ1n) is 7.09. The van der Waals surface area contributed by atoms with E-state index in [9.17, 15) is 10.1 Å². The van der Waals surface area contributed by atoms with Crippen LogP contribution in [0.4, 0.5) is 5.88 Å². The Hall–Kier alpha value is -1.36. The normalized spacial score (nSPS) is 23.4. The van der Waals surface area contributed by atoms with Crippen LogP contribution in [-0.4, -0.2) is 11.5 Å². The van der Waals surface area contributed by atoms with E-state index >= 15 is 0 Å². The van der Waals surface area contributed by atoms with Crippen molar-refractivity contribution in [2.24, 2.45) is 11.8 Å². The van der Waals surface area contributed by atoms with E-state index in [1.165, 1.54) is 38.2 Å². The molecule has 5 heteroatoms. The highest BCUT2D eigenvalue weighted by Crippen LogP contribution is 2.30. The number of nitrogens with zero attached hydrogens (tertiary/aromatic N) is 1. The minimum Gasteiger partial charge on any atom is -0.404 e. The smallest absolute Gasteiger partial charge is 0.404 e. The molecule has 0 amide bonds. The van der Waals surface area contributed by atoms with Crippen molar-refractivity contribution < 1.29 is 9.34 Å². The maximum Gasteiger partial charge on any atom is 0.433 e. The summed E-state index contributed by atoms with van der Waals surface area (Å²) >= 11 is 0. The maximum atomic E-state index is 10.5. The van der Waals surface area contributed by atoms with Gasteiger partial charge in [0, 0.05) is 0 Å². The second-order valence-electron chi connectivity index (χ2n) is 5.60. The van der Waals surface area contributed by atoms with E-state index < -0.39 is 4.92 Å². The lowest BCUT2D eigenvalue weighted by atomic mass is 9.81. The van der Waals surface area contributed by atoms with Crippen molar-refractivity contribution in [2.75, 3.05) is 6.54 Å². The quantitative estimate of drug-likeness (QED) is 0.486. The molecule has 1 fully saturated rings. The summed E-state index contributed by atoms with van der Waals surface area (Å²) in [7, 11) is 0. The van der Waals surface area contributed by atoms with Gasteiger partial charge in [0.15, 0.2) is 0 Å². The van der Waals surface area contributed by atoms with Gasteiger partial charge in [-0.3, -0.25) is 10.1 Å². The fourth-order valence-corrected chi connectivity index (χ4v) is 2.90. The molecule has 2 atom stereocenters. The van der Waals surface area contributed by atoms with E-state index in [2.05, 4.69) is 12.2 Å². The van der Waals surface area contributed by atoms with Crippen LogP contribution < -0.4 is 5.32 Å². The van der Waals surface area contributed by atoms with Crippen LogP contribution in [0.25, 0.3) is 0 Å². The van der Waals surface area contributed by atoms with E-state index in [0.29, 0.717) is 12.3 Å². The van der Waals surface area contributed by atoms with E-state index in [-0.39, 0.29) is 5.88 Å². The van der Waals surface area contributed by atoms with Gasteiger partial charge in [-0.25, -0.2) is 0 Å². The Balaban J connectivity index is 1.64. The molecule has 19 heavy (non-hydrogen) atoms. The first kappa shape index (κ1) is 14.1. The fourth-order valence-electron chi connectivity index (χ4n) is 2.90. The lowest BCUT2D eigenvalue weighted by Gasteiger charge is -2.26. The van der Waals surface area contributed by atoms with Gasteiger partial charge in [0.05, 0.1) is 12.6 Å². The summed E-state index contributed by atoms with van der Waals surface area (Å²) in [6.07, 6.45) is 6.61. The molecule has 1 aliphatic carbocycles. The van der Waals surface area contributed by atoms with Crippen LogP contribution in [0.1, 0.15) is 44.8 Å². The average molecular weight is 266 g/mol. The maximum absolute atomic E-state index is 10.5. The van der Waals surface area contributed by atoms with Crippen LogP contribution in [0.15, 0.2) is 16.5 Å². The molecule has 2 rings (SSSR count). The third-order valence-corrected chi connectivity index (χ3v) is 3.90. The van der Waals surface area contributed by atoms with Crippen molar-refractivity contribution in [3.8, 4) is 0 Å². The highest BCUT2D eigenvalue weighted by molar-refractivity contribution is 5.17. The zero-order chi connectivity index (χ0) is 13.7. The van der Waals surface area contributed by atoms with Gasteiger partial charge in [0.2, 0.25) is 0 Å². The summed E-state index contributed by atoms with van der Waals surface area (Å²) in [5.41, 5.74) is 0. The topological polar surface area (TPSA) is 68.3 Å². The predicted molar refractivity (Wildman–Crippen MR) is 72.8 cm³/mol. The molecule has 1 aromatic heterocycles. The van der Waals surface area contributed by atoms with Crippen LogP contribution >= 0.6 is 0 Å². The Bertz CT molecular complexity index is 417. The van der Waals surface area contributed by atoms with Gasteiger partial charge in [-0.15, -0.1) is 0 Å². The predicted octanol–water partition coefficient (Wildman–Crippen LogP) is 3.49. The van der Waals surface area contributed by atoms with Gasteiger partial charge >= 0.3 is 5.88 Å². The molecular formula is C14H22N2O3. The molecule has 0 bridgehead atoms. The molecule has 1 N–H and O–H groups in total. The van der Waals surface area contributed by atoms with Gasteiger partial charge in [-0.2, -0.15) is 0 Å². The Morgan fingerprint density at radius 3 is 3.00 bits per heavy atom. The zero-order valence-corrected chi connectivity index (χ0v) is 11.4. The molecule has 0 spiro atoms. The van der Waals surface area contributed by atoms with Crippen molar-refractivity contribution in [1.29, 1.82) is 0 Å². The number of furan rings is 1. The molecule has 1 heterocycles. The Kier molecular flexibility index (Phi) is 4.96.